The smallest absolute Gasteiger partial charge is 0.123 e. The molecule has 0 aliphatic carbocycles. The second kappa shape index (κ2) is 5.35. The van der Waals surface area contributed by atoms with Gasteiger partial charge in [0.15, 0.2) is 0 Å². The van der Waals surface area contributed by atoms with Crippen molar-refractivity contribution < 1.29 is 4.39 Å². The number of nitrogens with one attached hydrogen (secondary N) is 1. The van der Waals surface area contributed by atoms with E-state index in [0.29, 0.717) is 0 Å². The molecule has 1 aromatic heterocycles. The van der Waals surface area contributed by atoms with E-state index in [2.05, 4.69) is 26.3 Å². The minimum atomic E-state index is -0.346. The minimum Gasteiger partial charge on any atom is -0.271 e. The summed E-state index contributed by atoms with van der Waals surface area (Å²) in [6.45, 7) is 0. The van der Waals surface area contributed by atoms with Crippen molar-refractivity contribution in [3.8, 4) is 0 Å². The molecule has 1 atom stereocenters. The van der Waals surface area contributed by atoms with Crippen molar-refractivity contribution in [1.29, 1.82) is 0 Å². The molecule has 1 unspecified atom stereocenters. The van der Waals surface area contributed by atoms with Crippen molar-refractivity contribution in [2.45, 2.75) is 6.04 Å². The van der Waals surface area contributed by atoms with E-state index in [1.54, 1.807) is 18.3 Å². The Morgan fingerprint density at radius 1 is 1.29 bits per heavy atom. The minimum absolute atomic E-state index is 0.296. The Balaban J connectivity index is 2.44. The van der Waals surface area contributed by atoms with Crippen LogP contribution in [0.4, 0.5) is 4.39 Å². The van der Waals surface area contributed by atoms with Gasteiger partial charge in [0.25, 0.3) is 0 Å². The van der Waals surface area contributed by atoms with Crippen LogP contribution in [-0.2, 0) is 0 Å². The second-order valence-corrected chi connectivity index (χ2v) is 4.38. The first-order chi connectivity index (χ1) is 8.22. The van der Waals surface area contributed by atoms with Crippen LogP contribution in [0.5, 0.6) is 0 Å². The average Bonchev–Trinajstić information content (AvgIpc) is 2.33. The van der Waals surface area contributed by atoms with E-state index in [1.165, 1.54) is 12.1 Å². The van der Waals surface area contributed by atoms with Crippen molar-refractivity contribution in [1.82, 2.24) is 10.4 Å². The lowest BCUT2D eigenvalue weighted by Gasteiger charge is -2.17. The Kier molecular flexibility index (Phi) is 3.83. The molecule has 17 heavy (non-hydrogen) atoms. The number of nitrogens with two attached hydrogens (primary N) is 1. The summed E-state index contributed by atoms with van der Waals surface area (Å²) in [6, 6.07) is 9.61. The monoisotopic (exact) mass is 295 g/mol. The second-order valence-electron chi connectivity index (χ2n) is 3.53. The zero-order valence-corrected chi connectivity index (χ0v) is 10.5. The summed E-state index contributed by atoms with van der Waals surface area (Å²) in [7, 11) is 0. The van der Waals surface area contributed by atoms with Gasteiger partial charge in [-0.25, -0.2) is 9.82 Å². The van der Waals surface area contributed by atoms with Crippen molar-refractivity contribution in [2.75, 3.05) is 0 Å². The van der Waals surface area contributed by atoms with E-state index in [-0.39, 0.29) is 11.9 Å². The largest absolute Gasteiger partial charge is 0.271 e. The molecule has 0 radical (unpaired) electrons. The topological polar surface area (TPSA) is 50.9 Å². The lowest BCUT2D eigenvalue weighted by atomic mass is 10.0. The maximum atomic E-state index is 13.2. The predicted octanol–water partition coefficient (Wildman–Crippen LogP) is 2.54. The maximum absolute atomic E-state index is 13.2. The molecule has 88 valence electrons. The fourth-order valence-corrected chi connectivity index (χ4v) is 2.11. The van der Waals surface area contributed by atoms with Gasteiger partial charge in [-0.15, -0.1) is 0 Å². The first-order valence-corrected chi connectivity index (χ1v) is 5.83. The molecule has 3 N–H and O–H groups in total. The number of rotatable bonds is 3. The quantitative estimate of drug-likeness (QED) is 0.676. The van der Waals surface area contributed by atoms with Gasteiger partial charge in [0.1, 0.15) is 5.82 Å². The summed E-state index contributed by atoms with van der Waals surface area (Å²) < 4.78 is 14.0. The summed E-state index contributed by atoms with van der Waals surface area (Å²) in [4.78, 5) is 4.24. The highest BCUT2D eigenvalue weighted by atomic mass is 79.9. The first kappa shape index (κ1) is 12.2. The third-order valence-corrected chi connectivity index (χ3v) is 3.08. The SMILES string of the molecule is NNC(c1cccc(F)c1)c1ncccc1Br. The van der Waals surface area contributed by atoms with Crippen molar-refractivity contribution in [2.24, 2.45) is 5.84 Å². The van der Waals surface area contributed by atoms with Gasteiger partial charge in [-0.2, -0.15) is 0 Å². The van der Waals surface area contributed by atoms with Crippen molar-refractivity contribution >= 4 is 15.9 Å². The Morgan fingerprint density at radius 2 is 2.12 bits per heavy atom. The number of benzene rings is 1. The van der Waals surface area contributed by atoms with Crippen LogP contribution in [0.25, 0.3) is 0 Å². The highest BCUT2D eigenvalue weighted by Crippen LogP contribution is 2.26. The van der Waals surface area contributed by atoms with Crippen LogP contribution in [0.3, 0.4) is 0 Å². The molecular weight excluding hydrogens is 285 g/mol. The molecule has 0 amide bonds. The zero-order valence-electron chi connectivity index (χ0n) is 8.90. The number of hydrogen-bond acceptors (Lipinski definition) is 3. The van der Waals surface area contributed by atoms with E-state index in [4.69, 9.17) is 5.84 Å². The van der Waals surface area contributed by atoms with Crippen molar-refractivity contribution in [3.63, 3.8) is 0 Å². The van der Waals surface area contributed by atoms with Crippen LogP contribution in [0.1, 0.15) is 17.3 Å². The third kappa shape index (κ3) is 2.69. The molecule has 1 heterocycles. The van der Waals surface area contributed by atoms with Gasteiger partial charge in [0.05, 0.1) is 11.7 Å². The molecule has 2 rings (SSSR count). The molecular formula is C12H11BrFN3. The van der Waals surface area contributed by atoms with Crippen LogP contribution in [0.2, 0.25) is 0 Å². The van der Waals surface area contributed by atoms with E-state index < -0.39 is 0 Å². The summed E-state index contributed by atoms with van der Waals surface area (Å²) in [5.74, 6) is 5.23. The molecule has 0 aliphatic rings. The van der Waals surface area contributed by atoms with Crippen LogP contribution in [-0.4, -0.2) is 4.98 Å². The number of hydrazine groups is 1. The van der Waals surface area contributed by atoms with E-state index in [1.807, 2.05) is 12.1 Å². The van der Waals surface area contributed by atoms with Crippen LogP contribution in [0, 0.1) is 5.82 Å². The maximum Gasteiger partial charge on any atom is 0.123 e. The summed E-state index contributed by atoms with van der Waals surface area (Å²) >= 11 is 3.40. The normalized spacial score (nSPS) is 12.4. The van der Waals surface area contributed by atoms with Crippen molar-refractivity contribution in [3.05, 3.63) is 64.1 Å². The van der Waals surface area contributed by atoms with Gasteiger partial charge in [-0.1, -0.05) is 12.1 Å². The van der Waals surface area contributed by atoms with Crippen LogP contribution >= 0.6 is 15.9 Å². The van der Waals surface area contributed by atoms with Gasteiger partial charge in [0.2, 0.25) is 0 Å². The fourth-order valence-electron chi connectivity index (χ4n) is 1.63. The summed E-state index contributed by atoms with van der Waals surface area (Å²) in [6.07, 6.45) is 1.67. The Labute approximate surface area is 107 Å². The molecule has 3 nitrogen and oxygen atoms in total. The number of hydrogen-bond donors (Lipinski definition) is 2. The van der Waals surface area contributed by atoms with E-state index >= 15 is 0 Å². The Hall–Kier alpha value is -1.30. The summed E-state index contributed by atoms with van der Waals surface area (Å²) in [5, 5.41) is 0. The molecule has 0 aliphatic heterocycles. The van der Waals surface area contributed by atoms with E-state index in [9.17, 15) is 4.39 Å². The van der Waals surface area contributed by atoms with Gasteiger partial charge < -0.3 is 0 Å². The number of nitrogens with zero attached hydrogens (tertiary/aromatic N) is 1. The van der Waals surface area contributed by atoms with Gasteiger partial charge in [-0.3, -0.25) is 10.8 Å². The number of halogens is 2. The number of pyridine rings is 1. The molecule has 0 spiro atoms. The van der Waals surface area contributed by atoms with Gasteiger partial charge in [-0.05, 0) is 45.8 Å². The Morgan fingerprint density at radius 3 is 2.76 bits per heavy atom. The lowest BCUT2D eigenvalue weighted by molar-refractivity contribution is 0.596. The lowest BCUT2D eigenvalue weighted by Crippen LogP contribution is -2.29. The van der Waals surface area contributed by atoms with Gasteiger partial charge in [0, 0.05) is 10.7 Å². The Bertz CT molecular complexity index is 519. The molecule has 1 aromatic carbocycles. The first-order valence-electron chi connectivity index (χ1n) is 5.04. The molecule has 2 aromatic rings. The summed E-state index contributed by atoms with van der Waals surface area (Å²) in [5.41, 5.74) is 4.09. The molecule has 0 fully saturated rings. The highest BCUT2D eigenvalue weighted by molar-refractivity contribution is 9.10. The standard InChI is InChI=1S/C12H11BrFN3/c13-10-5-2-6-16-12(10)11(17-15)8-3-1-4-9(14)7-8/h1-7,11,17H,15H2. The van der Waals surface area contributed by atoms with Crippen LogP contribution < -0.4 is 11.3 Å². The molecule has 0 bridgehead atoms. The average molecular weight is 296 g/mol. The predicted molar refractivity (Wildman–Crippen MR) is 67.5 cm³/mol. The molecule has 5 heteroatoms. The molecule has 0 saturated heterocycles. The fraction of sp³-hybridized carbons (Fsp3) is 0.0833. The van der Waals surface area contributed by atoms with Gasteiger partial charge >= 0.3 is 0 Å². The zero-order chi connectivity index (χ0) is 12.3. The highest BCUT2D eigenvalue weighted by Gasteiger charge is 2.16. The van der Waals surface area contributed by atoms with Crippen LogP contribution in [0.15, 0.2) is 47.1 Å². The molecule has 0 saturated carbocycles. The number of aromatic nitrogens is 1. The van der Waals surface area contributed by atoms with E-state index in [0.717, 1.165) is 15.7 Å². The third-order valence-electron chi connectivity index (χ3n) is 2.41.